The minimum absolute atomic E-state index is 0.108. The second-order valence-electron chi connectivity index (χ2n) is 5.81. The van der Waals surface area contributed by atoms with E-state index in [1.165, 1.54) is 33.3 Å². The second kappa shape index (κ2) is 8.86. The van der Waals surface area contributed by atoms with Crippen molar-refractivity contribution < 1.29 is 14.3 Å². The standard InChI is InChI=1S/C21H19NO4S2/c1-4-9-26-16-8-7-14(11-17(16)25-3)12-19-21(24)22(2)20(28-19)13-15(23)18-6-5-10-27-18/h4-8,10-13H,1,9H2,2-3H3/b19-12-,20-13-. The van der Waals surface area contributed by atoms with Gasteiger partial charge in [0.1, 0.15) is 11.3 Å². The maximum atomic E-state index is 12.6. The number of carbonyl (C=O) groups is 1. The third-order valence-corrected chi connectivity index (χ3v) is 5.92. The van der Waals surface area contributed by atoms with Crippen LogP contribution in [0.25, 0.3) is 12.2 Å². The van der Waals surface area contributed by atoms with Crippen LogP contribution in [0.2, 0.25) is 0 Å². The fourth-order valence-corrected chi connectivity index (χ4v) is 4.17. The number of carbonyl (C=O) groups excluding carboxylic acids is 1. The molecule has 0 aliphatic rings. The van der Waals surface area contributed by atoms with E-state index in [0.717, 1.165) is 5.56 Å². The summed E-state index contributed by atoms with van der Waals surface area (Å²) in [6, 6.07) is 9.04. The van der Waals surface area contributed by atoms with Gasteiger partial charge in [0.25, 0.3) is 5.56 Å². The van der Waals surface area contributed by atoms with Crippen molar-refractivity contribution >= 4 is 40.6 Å². The largest absolute Gasteiger partial charge is 0.493 e. The Morgan fingerprint density at radius 2 is 2.11 bits per heavy atom. The van der Waals surface area contributed by atoms with Crippen molar-refractivity contribution in [3.63, 3.8) is 0 Å². The lowest BCUT2D eigenvalue weighted by Crippen LogP contribution is -2.29. The lowest BCUT2D eigenvalue weighted by molar-refractivity contribution is 0.106. The average molecular weight is 414 g/mol. The maximum Gasteiger partial charge on any atom is 0.268 e. The molecule has 2 aromatic heterocycles. The molecule has 0 N–H and O–H groups in total. The highest BCUT2D eigenvalue weighted by molar-refractivity contribution is 7.12. The van der Waals surface area contributed by atoms with Crippen LogP contribution in [0.1, 0.15) is 15.2 Å². The van der Waals surface area contributed by atoms with Crippen LogP contribution in [0.3, 0.4) is 0 Å². The zero-order chi connectivity index (χ0) is 20.1. The number of nitrogens with zero attached hydrogens (tertiary/aromatic N) is 1. The van der Waals surface area contributed by atoms with Gasteiger partial charge < -0.3 is 14.0 Å². The molecule has 2 heterocycles. The molecular formula is C21H19NO4S2. The van der Waals surface area contributed by atoms with Crippen molar-refractivity contribution in [3.05, 3.63) is 78.4 Å². The van der Waals surface area contributed by atoms with E-state index in [1.54, 1.807) is 44.5 Å². The predicted octanol–water partition coefficient (Wildman–Crippen LogP) is 2.57. The van der Waals surface area contributed by atoms with E-state index in [4.69, 9.17) is 9.47 Å². The number of thiophene rings is 1. The van der Waals surface area contributed by atoms with E-state index >= 15 is 0 Å². The van der Waals surface area contributed by atoms with Crippen molar-refractivity contribution in [2.45, 2.75) is 0 Å². The summed E-state index contributed by atoms with van der Waals surface area (Å²) in [5.41, 5.74) is 0.652. The number of rotatable bonds is 7. The number of benzene rings is 1. The Morgan fingerprint density at radius 3 is 2.79 bits per heavy atom. The number of ketones is 1. The van der Waals surface area contributed by atoms with Gasteiger partial charge >= 0.3 is 0 Å². The molecule has 0 aliphatic carbocycles. The zero-order valence-electron chi connectivity index (χ0n) is 15.5. The van der Waals surface area contributed by atoms with E-state index in [0.29, 0.717) is 32.2 Å². The van der Waals surface area contributed by atoms with Gasteiger partial charge in [0, 0.05) is 13.1 Å². The number of hydrogen-bond donors (Lipinski definition) is 0. The van der Waals surface area contributed by atoms with Crippen LogP contribution in [0.15, 0.2) is 53.2 Å². The minimum Gasteiger partial charge on any atom is -0.493 e. The third-order valence-electron chi connectivity index (χ3n) is 3.92. The van der Waals surface area contributed by atoms with Gasteiger partial charge in [-0.05, 0) is 35.2 Å². The first kappa shape index (κ1) is 19.9. The monoisotopic (exact) mass is 413 g/mol. The highest BCUT2D eigenvalue weighted by Gasteiger charge is 2.08. The zero-order valence-corrected chi connectivity index (χ0v) is 17.1. The van der Waals surface area contributed by atoms with Crippen LogP contribution in [-0.4, -0.2) is 24.1 Å². The first-order chi connectivity index (χ1) is 13.5. The molecule has 0 radical (unpaired) electrons. The summed E-state index contributed by atoms with van der Waals surface area (Å²) >= 11 is 2.65. The summed E-state index contributed by atoms with van der Waals surface area (Å²) < 4.78 is 13.5. The van der Waals surface area contributed by atoms with E-state index in [9.17, 15) is 9.59 Å². The first-order valence-electron chi connectivity index (χ1n) is 8.42. The smallest absolute Gasteiger partial charge is 0.268 e. The fraction of sp³-hybridized carbons (Fsp3) is 0.143. The molecule has 7 heteroatoms. The van der Waals surface area contributed by atoms with Gasteiger partial charge in [-0.25, -0.2) is 0 Å². The van der Waals surface area contributed by atoms with Crippen molar-refractivity contribution in [2.24, 2.45) is 7.05 Å². The molecule has 3 rings (SSSR count). The third kappa shape index (κ3) is 4.32. The van der Waals surface area contributed by atoms with Gasteiger partial charge in [-0.2, -0.15) is 0 Å². The molecule has 0 fully saturated rings. The Balaban J connectivity index is 2.00. The lowest BCUT2D eigenvalue weighted by Gasteiger charge is -2.09. The van der Waals surface area contributed by atoms with E-state index in [-0.39, 0.29) is 11.3 Å². The number of hydrogen-bond acceptors (Lipinski definition) is 6. The van der Waals surface area contributed by atoms with Gasteiger partial charge in [0.15, 0.2) is 17.3 Å². The van der Waals surface area contributed by atoms with Crippen LogP contribution in [0.4, 0.5) is 0 Å². The Bertz CT molecular complexity index is 1170. The molecule has 0 unspecified atom stereocenters. The molecule has 0 amide bonds. The van der Waals surface area contributed by atoms with Crippen LogP contribution < -0.4 is 24.2 Å². The Kier molecular flexibility index (Phi) is 6.28. The molecule has 1 aromatic carbocycles. The highest BCUT2D eigenvalue weighted by Crippen LogP contribution is 2.28. The van der Waals surface area contributed by atoms with E-state index in [2.05, 4.69) is 6.58 Å². The number of thiazole rings is 1. The summed E-state index contributed by atoms with van der Waals surface area (Å²) in [5.74, 6) is 1.07. The normalized spacial score (nSPS) is 12.2. The van der Waals surface area contributed by atoms with Crippen LogP contribution in [0.5, 0.6) is 11.5 Å². The molecule has 0 atom stereocenters. The van der Waals surface area contributed by atoms with Crippen LogP contribution in [0, 0.1) is 0 Å². The summed E-state index contributed by atoms with van der Waals surface area (Å²) in [6.07, 6.45) is 4.94. The van der Waals surface area contributed by atoms with E-state index < -0.39 is 0 Å². The number of aromatic nitrogens is 1. The molecule has 0 aliphatic heterocycles. The molecule has 0 saturated carbocycles. The molecule has 5 nitrogen and oxygen atoms in total. The highest BCUT2D eigenvalue weighted by atomic mass is 32.1. The van der Waals surface area contributed by atoms with Gasteiger partial charge in [-0.15, -0.1) is 22.7 Å². The number of methoxy groups -OCH3 is 1. The Hall–Kier alpha value is -2.90. The summed E-state index contributed by atoms with van der Waals surface area (Å²) in [4.78, 5) is 25.5. The second-order valence-corrected chi connectivity index (χ2v) is 7.82. The van der Waals surface area contributed by atoms with Gasteiger partial charge in [0.05, 0.1) is 16.5 Å². The molecule has 0 spiro atoms. The summed E-state index contributed by atoms with van der Waals surface area (Å²) in [7, 11) is 3.23. The minimum atomic E-state index is -0.152. The molecule has 0 bridgehead atoms. The van der Waals surface area contributed by atoms with Crippen molar-refractivity contribution in [2.75, 3.05) is 13.7 Å². The molecule has 28 heavy (non-hydrogen) atoms. The number of Topliss-reactive ketones (excluding diaryl/α,β-unsaturated/α-hetero) is 1. The maximum absolute atomic E-state index is 12.6. The topological polar surface area (TPSA) is 57.5 Å². The molecule has 3 aromatic rings. The number of ether oxygens (including phenoxy) is 2. The van der Waals surface area contributed by atoms with Crippen LogP contribution >= 0.6 is 22.7 Å². The Morgan fingerprint density at radius 1 is 1.29 bits per heavy atom. The van der Waals surface area contributed by atoms with Gasteiger partial charge in [0.2, 0.25) is 0 Å². The molecular weight excluding hydrogens is 394 g/mol. The molecule has 144 valence electrons. The molecule has 0 saturated heterocycles. The lowest BCUT2D eigenvalue weighted by atomic mass is 10.2. The van der Waals surface area contributed by atoms with Crippen molar-refractivity contribution in [1.82, 2.24) is 4.57 Å². The predicted molar refractivity (Wildman–Crippen MR) is 114 cm³/mol. The first-order valence-corrected chi connectivity index (χ1v) is 10.1. The quantitative estimate of drug-likeness (QED) is 0.441. The van der Waals surface area contributed by atoms with Gasteiger partial charge in [-0.1, -0.05) is 24.8 Å². The van der Waals surface area contributed by atoms with Gasteiger partial charge in [-0.3, -0.25) is 9.59 Å². The summed E-state index contributed by atoms with van der Waals surface area (Å²) in [6.45, 7) is 4.00. The average Bonchev–Trinajstić information content (AvgIpc) is 3.32. The van der Waals surface area contributed by atoms with E-state index in [1.807, 2.05) is 17.5 Å². The SMILES string of the molecule is C=CCOc1ccc(/C=c2\s/c(=C\C(=O)c3cccs3)n(C)c2=O)cc1OC. The Labute approximate surface area is 170 Å². The van der Waals surface area contributed by atoms with Crippen LogP contribution in [-0.2, 0) is 7.05 Å². The fourth-order valence-electron chi connectivity index (χ4n) is 2.50. The van der Waals surface area contributed by atoms with Crippen molar-refractivity contribution in [1.29, 1.82) is 0 Å². The summed E-state index contributed by atoms with van der Waals surface area (Å²) in [5, 5.41) is 1.85. The van der Waals surface area contributed by atoms with Crippen molar-refractivity contribution in [3.8, 4) is 11.5 Å².